The lowest BCUT2D eigenvalue weighted by atomic mass is 9.80. The minimum atomic E-state index is -0.224. The number of ketones is 2. The van der Waals surface area contributed by atoms with Crippen LogP contribution in [0.25, 0.3) is 0 Å². The molecule has 6 nitrogen and oxygen atoms in total. The zero-order chi connectivity index (χ0) is 55.0. The third kappa shape index (κ3) is 39.5. The fourth-order valence-corrected chi connectivity index (χ4v) is 12.3. The fourth-order valence-electron chi connectivity index (χ4n) is 12.3. The number of allylic oxidation sites excluding steroid dienone is 1. The number of hydrogen-bond donors (Lipinski definition) is 0. The van der Waals surface area contributed by atoms with Crippen molar-refractivity contribution < 1.29 is 23.9 Å². The molecular formula is C69H131NO5. The van der Waals surface area contributed by atoms with Crippen LogP contribution in [0.5, 0.6) is 0 Å². The molecule has 0 amide bonds. The normalized spacial score (nSPS) is 15.9. The largest absolute Gasteiger partial charge is 0.462 e. The molecule has 6 heteroatoms. The summed E-state index contributed by atoms with van der Waals surface area (Å²) in [5.74, 6) is 3.36. The maximum Gasteiger partial charge on any atom is 0.306 e. The van der Waals surface area contributed by atoms with Crippen molar-refractivity contribution in [1.29, 1.82) is 0 Å². The highest BCUT2D eigenvalue weighted by Crippen LogP contribution is 2.31. The molecule has 1 unspecified atom stereocenters. The number of Topliss-reactive ketones (excluding diaryl/α,β-unsaturated/α-hetero) is 1. The average Bonchev–Trinajstić information content (AvgIpc) is 3.79. The molecule has 0 aromatic carbocycles. The van der Waals surface area contributed by atoms with Crippen LogP contribution in [0.15, 0.2) is 12.2 Å². The lowest BCUT2D eigenvalue weighted by molar-refractivity contribution is -0.150. The van der Waals surface area contributed by atoms with Gasteiger partial charge in [0.05, 0.1) is 6.61 Å². The van der Waals surface area contributed by atoms with Gasteiger partial charge in [-0.05, 0) is 107 Å². The summed E-state index contributed by atoms with van der Waals surface area (Å²) in [7, 11) is 0. The summed E-state index contributed by atoms with van der Waals surface area (Å²) < 4.78 is 12.5. The maximum absolute atomic E-state index is 13.4. The van der Waals surface area contributed by atoms with Crippen LogP contribution in [0.4, 0.5) is 0 Å². The van der Waals surface area contributed by atoms with Crippen LogP contribution in [0, 0.1) is 29.1 Å². The number of hydrogen-bond acceptors (Lipinski definition) is 6. The Kier molecular flexibility index (Phi) is 47.2. The van der Waals surface area contributed by atoms with Gasteiger partial charge in [-0.15, -0.1) is 0 Å². The molecule has 0 spiro atoms. The van der Waals surface area contributed by atoms with Crippen LogP contribution >= 0.6 is 0 Å². The SMILES string of the molecule is CCCCCCCCC(CCCCCCCC)OC(=O)CCCCCCCOC[C@@H]1C[C@H](C=CC(=O)CCC(C)C(CCC)CCC)CN1CCCCCCC(C)(C)C(=O)CCCCC(CCCCC)CCCCC. The summed E-state index contributed by atoms with van der Waals surface area (Å²) in [6.07, 6.45) is 56.0. The third-order valence-corrected chi connectivity index (χ3v) is 17.6. The number of ether oxygens (including phenoxy) is 2. The minimum Gasteiger partial charge on any atom is -0.462 e. The lowest BCUT2D eigenvalue weighted by Gasteiger charge is -2.25. The summed E-state index contributed by atoms with van der Waals surface area (Å²) in [6.45, 7) is 24.1. The first-order valence-electron chi connectivity index (χ1n) is 33.7. The van der Waals surface area contributed by atoms with E-state index in [1.165, 1.54) is 186 Å². The number of rotatable bonds is 56. The molecule has 0 aromatic rings. The lowest BCUT2D eigenvalue weighted by Crippen LogP contribution is -2.34. The van der Waals surface area contributed by atoms with Gasteiger partial charge in [0.2, 0.25) is 0 Å². The summed E-state index contributed by atoms with van der Waals surface area (Å²) in [4.78, 5) is 42.1. The monoisotopic (exact) mass is 1050 g/mol. The van der Waals surface area contributed by atoms with Gasteiger partial charge < -0.3 is 9.47 Å². The molecule has 1 aliphatic rings. The molecule has 1 saturated heterocycles. The van der Waals surface area contributed by atoms with E-state index in [1.807, 2.05) is 6.08 Å². The van der Waals surface area contributed by atoms with E-state index in [4.69, 9.17) is 9.47 Å². The van der Waals surface area contributed by atoms with E-state index in [1.54, 1.807) is 0 Å². The van der Waals surface area contributed by atoms with Crippen LogP contribution in [0.2, 0.25) is 0 Å². The Morgan fingerprint density at radius 2 is 1.03 bits per heavy atom. The second-order valence-corrected chi connectivity index (χ2v) is 25.2. The Hall–Kier alpha value is -1.53. The number of nitrogens with zero attached hydrogens (tertiary/aromatic N) is 1. The van der Waals surface area contributed by atoms with Crippen LogP contribution in [-0.2, 0) is 23.9 Å². The zero-order valence-electron chi connectivity index (χ0n) is 52.0. The van der Waals surface area contributed by atoms with Crippen molar-refractivity contribution in [3.05, 3.63) is 12.2 Å². The van der Waals surface area contributed by atoms with Gasteiger partial charge in [0.15, 0.2) is 5.78 Å². The molecule has 0 bridgehead atoms. The molecule has 0 aromatic heterocycles. The average molecular weight is 1050 g/mol. The fraction of sp³-hybridized carbons (Fsp3) is 0.928. The van der Waals surface area contributed by atoms with Crippen molar-refractivity contribution in [2.75, 3.05) is 26.3 Å². The van der Waals surface area contributed by atoms with Crippen molar-refractivity contribution in [2.45, 2.75) is 357 Å². The third-order valence-electron chi connectivity index (χ3n) is 17.6. The van der Waals surface area contributed by atoms with Gasteiger partial charge in [0.25, 0.3) is 0 Å². The second-order valence-electron chi connectivity index (χ2n) is 25.2. The van der Waals surface area contributed by atoms with Crippen LogP contribution in [0.1, 0.15) is 345 Å². The van der Waals surface area contributed by atoms with Crippen molar-refractivity contribution in [1.82, 2.24) is 4.90 Å². The minimum absolute atomic E-state index is 0.0161. The molecule has 75 heavy (non-hydrogen) atoms. The maximum atomic E-state index is 13.4. The highest BCUT2D eigenvalue weighted by molar-refractivity contribution is 5.89. The summed E-state index contributed by atoms with van der Waals surface area (Å²) in [6, 6.07) is 0.384. The second kappa shape index (κ2) is 49.5. The van der Waals surface area contributed by atoms with Gasteiger partial charge >= 0.3 is 5.97 Å². The first-order chi connectivity index (χ1) is 36.4. The standard InChI is InChI=1S/C69H131NO5/c1-10-16-20-22-25-33-46-66(47-34-26-23-21-17-11-2)75-68(73)49-35-27-24-30-40-56-74-59-64-57-62(51-53-65(71)52-50-60(7)63(41-14-5)42-15-6)58-70(64)55-39-29-28-38-54-69(8,9)67(72)48-37-36-45-61(43-31-18-12-3)44-32-19-13-4/h51,53,60-64,66H,10-50,52,54-59H2,1-9H3/t60?,62-,64-/m0/s1. The Bertz CT molecular complexity index is 1310. The van der Waals surface area contributed by atoms with E-state index in [0.717, 1.165) is 122 Å². The van der Waals surface area contributed by atoms with Crippen molar-refractivity contribution >= 4 is 17.5 Å². The molecule has 1 heterocycles. The summed E-state index contributed by atoms with van der Waals surface area (Å²) in [5, 5.41) is 0. The highest BCUT2D eigenvalue weighted by atomic mass is 16.5. The molecule has 1 fully saturated rings. The van der Waals surface area contributed by atoms with Crippen molar-refractivity contribution in [2.24, 2.45) is 29.1 Å². The predicted octanol–water partition coefficient (Wildman–Crippen LogP) is 21.1. The van der Waals surface area contributed by atoms with Crippen molar-refractivity contribution in [3.8, 4) is 0 Å². The van der Waals surface area contributed by atoms with E-state index in [-0.39, 0.29) is 17.5 Å². The van der Waals surface area contributed by atoms with E-state index < -0.39 is 0 Å². The van der Waals surface area contributed by atoms with Crippen LogP contribution in [0.3, 0.4) is 0 Å². The van der Waals surface area contributed by atoms with Crippen LogP contribution < -0.4 is 0 Å². The topological polar surface area (TPSA) is 72.9 Å². The Balaban J connectivity index is 2.60. The number of esters is 1. The molecule has 0 saturated carbocycles. The highest BCUT2D eigenvalue weighted by Gasteiger charge is 2.31. The van der Waals surface area contributed by atoms with Crippen LogP contribution in [-0.4, -0.2) is 60.9 Å². The van der Waals surface area contributed by atoms with Gasteiger partial charge in [-0.25, -0.2) is 0 Å². The first-order valence-corrected chi connectivity index (χ1v) is 33.7. The molecule has 1 rings (SSSR count). The zero-order valence-corrected chi connectivity index (χ0v) is 52.0. The van der Waals surface area contributed by atoms with E-state index in [2.05, 4.69) is 73.3 Å². The van der Waals surface area contributed by atoms with E-state index in [0.29, 0.717) is 42.3 Å². The quantitative estimate of drug-likeness (QED) is 0.0343. The van der Waals surface area contributed by atoms with Crippen molar-refractivity contribution in [3.63, 3.8) is 0 Å². The number of carbonyl (C=O) groups excluding carboxylic acids is 3. The molecule has 442 valence electrons. The molecule has 3 atom stereocenters. The molecule has 1 aliphatic heterocycles. The number of likely N-dealkylation sites (tertiary alicyclic amines) is 1. The van der Waals surface area contributed by atoms with Gasteiger partial charge in [-0.2, -0.15) is 0 Å². The van der Waals surface area contributed by atoms with Gasteiger partial charge in [-0.1, -0.05) is 261 Å². The molecule has 0 aliphatic carbocycles. The Morgan fingerprint density at radius 1 is 0.533 bits per heavy atom. The van der Waals surface area contributed by atoms with Gasteiger partial charge in [0.1, 0.15) is 11.9 Å². The summed E-state index contributed by atoms with van der Waals surface area (Å²) in [5.41, 5.74) is -0.224. The molecule has 0 N–H and O–H groups in total. The van der Waals surface area contributed by atoms with E-state index >= 15 is 0 Å². The Morgan fingerprint density at radius 3 is 1.63 bits per heavy atom. The predicted molar refractivity (Wildman–Crippen MR) is 326 cm³/mol. The van der Waals surface area contributed by atoms with Gasteiger partial charge in [0, 0.05) is 43.9 Å². The summed E-state index contributed by atoms with van der Waals surface area (Å²) >= 11 is 0. The molecular weight excluding hydrogens is 923 g/mol. The van der Waals surface area contributed by atoms with E-state index in [9.17, 15) is 14.4 Å². The number of unbranched alkanes of at least 4 members (excludes halogenated alkanes) is 22. The Labute approximate surface area is 468 Å². The number of carbonyl (C=O) groups is 3. The van der Waals surface area contributed by atoms with Gasteiger partial charge in [-0.3, -0.25) is 19.3 Å². The first kappa shape index (κ1) is 71.5. The molecule has 0 radical (unpaired) electrons. The smallest absolute Gasteiger partial charge is 0.306 e.